The Morgan fingerprint density at radius 1 is 1.50 bits per heavy atom. The Balaban J connectivity index is 1.85. The summed E-state index contributed by atoms with van der Waals surface area (Å²) in [5, 5.41) is 11.8. The highest BCUT2D eigenvalue weighted by Gasteiger charge is 2.28. The van der Waals surface area contributed by atoms with Crippen LogP contribution in [0.25, 0.3) is 0 Å². The summed E-state index contributed by atoms with van der Waals surface area (Å²) >= 11 is 1.62. The molecule has 6 heteroatoms. The number of carboxylic acid groups (broad SMARTS) is 1. The van der Waals surface area contributed by atoms with Crippen LogP contribution in [0.5, 0.6) is 0 Å². The first-order valence-corrected chi connectivity index (χ1v) is 7.70. The average Bonchev–Trinajstić information content (AvgIpc) is 2.87. The number of hydrogen-bond acceptors (Lipinski definition) is 4. The summed E-state index contributed by atoms with van der Waals surface area (Å²) in [4.78, 5) is 25.8. The molecule has 1 heterocycles. The zero-order valence-corrected chi connectivity index (χ0v) is 12.2. The zero-order valence-electron chi connectivity index (χ0n) is 11.3. The van der Waals surface area contributed by atoms with Gasteiger partial charge >= 0.3 is 5.97 Å². The molecule has 108 valence electrons. The first-order valence-electron chi connectivity index (χ1n) is 6.47. The lowest BCUT2D eigenvalue weighted by atomic mass is 10.1. The quantitative estimate of drug-likeness (QED) is 0.810. The van der Waals surface area contributed by atoms with Gasteiger partial charge in [-0.1, -0.05) is 6.07 Å². The second-order valence-electron chi connectivity index (χ2n) is 4.84. The Kier molecular flexibility index (Phi) is 5.03. The Hall–Kier alpha value is -1.53. The van der Waals surface area contributed by atoms with Gasteiger partial charge in [-0.2, -0.15) is 0 Å². The van der Waals surface area contributed by atoms with Crippen molar-refractivity contribution in [2.45, 2.75) is 11.3 Å². The summed E-state index contributed by atoms with van der Waals surface area (Å²) in [5.41, 5.74) is 0.774. The van der Waals surface area contributed by atoms with Gasteiger partial charge in [0.05, 0.1) is 12.5 Å². The molecule has 0 radical (unpaired) electrons. The topological polar surface area (TPSA) is 69.6 Å². The summed E-state index contributed by atoms with van der Waals surface area (Å²) in [6.07, 6.45) is 2.60. The van der Waals surface area contributed by atoms with Gasteiger partial charge in [-0.15, -0.1) is 11.8 Å². The SMILES string of the molecule is CSc1cccc(NC(=O)CN2CCC(C(=O)O)C2)c1. The van der Waals surface area contributed by atoms with Crippen LogP contribution in [0.15, 0.2) is 29.2 Å². The second-order valence-corrected chi connectivity index (χ2v) is 5.72. The normalized spacial score (nSPS) is 18.9. The number of carbonyl (C=O) groups excluding carboxylic acids is 1. The molecule has 1 saturated heterocycles. The number of anilines is 1. The number of benzene rings is 1. The first kappa shape index (κ1) is 14.9. The minimum absolute atomic E-state index is 0.103. The van der Waals surface area contributed by atoms with Crippen LogP contribution in [-0.2, 0) is 9.59 Å². The number of aliphatic carboxylic acids is 1. The maximum atomic E-state index is 11.9. The van der Waals surface area contributed by atoms with Crippen LogP contribution in [0.2, 0.25) is 0 Å². The van der Waals surface area contributed by atoms with Gasteiger partial charge in [-0.25, -0.2) is 0 Å². The molecular weight excluding hydrogens is 276 g/mol. The molecule has 0 spiro atoms. The fourth-order valence-corrected chi connectivity index (χ4v) is 2.74. The minimum Gasteiger partial charge on any atom is -0.481 e. The van der Waals surface area contributed by atoms with E-state index in [-0.39, 0.29) is 18.4 Å². The third kappa shape index (κ3) is 3.98. The van der Waals surface area contributed by atoms with Gasteiger partial charge in [0.25, 0.3) is 0 Å². The molecule has 0 aromatic heterocycles. The average molecular weight is 294 g/mol. The molecule has 1 aliphatic heterocycles. The van der Waals surface area contributed by atoms with Crippen molar-refractivity contribution in [1.29, 1.82) is 0 Å². The van der Waals surface area contributed by atoms with Crippen molar-refractivity contribution >= 4 is 29.3 Å². The van der Waals surface area contributed by atoms with Crippen molar-refractivity contribution in [3.63, 3.8) is 0 Å². The molecule has 1 amide bonds. The number of amides is 1. The molecular formula is C14H18N2O3S. The molecule has 0 bridgehead atoms. The van der Waals surface area contributed by atoms with Crippen LogP contribution in [0.4, 0.5) is 5.69 Å². The summed E-state index contributed by atoms with van der Waals surface area (Å²) in [5.74, 6) is -1.22. The maximum absolute atomic E-state index is 11.9. The predicted octanol–water partition coefficient (Wildman–Crippen LogP) is 1.75. The van der Waals surface area contributed by atoms with E-state index < -0.39 is 5.97 Å². The largest absolute Gasteiger partial charge is 0.481 e. The Bertz CT molecular complexity index is 507. The lowest BCUT2D eigenvalue weighted by Gasteiger charge is -2.15. The van der Waals surface area contributed by atoms with Crippen LogP contribution in [-0.4, -0.2) is 47.8 Å². The van der Waals surface area contributed by atoms with Crippen molar-refractivity contribution in [2.75, 3.05) is 31.2 Å². The molecule has 1 unspecified atom stereocenters. The molecule has 2 rings (SSSR count). The maximum Gasteiger partial charge on any atom is 0.307 e. The third-order valence-corrected chi connectivity index (χ3v) is 4.07. The zero-order chi connectivity index (χ0) is 14.5. The van der Waals surface area contributed by atoms with Gasteiger partial charge in [-0.3, -0.25) is 14.5 Å². The molecule has 20 heavy (non-hydrogen) atoms. The van der Waals surface area contributed by atoms with Crippen LogP contribution >= 0.6 is 11.8 Å². The molecule has 5 nitrogen and oxygen atoms in total. The van der Waals surface area contributed by atoms with Crippen molar-refractivity contribution in [3.05, 3.63) is 24.3 Å². The summed E-state index contributed by atoms with van der Waals surface area (Å²) < 4.78 is 0. The predicted molar refractivity (Wildman–Crippen MR) is 79.0 cm³/mol. The van der Waals surface area contributed by atoms with Crippen LogP contribution < -0.4 is 5.32 Å². The Morgan fingerprint density at radius 3 is 2.95 bits per heavy atom. The highest BCUT2D eigenvalue weighted by atomic mass is 32.2. The van der Waals surface area contributed by atoms with Crippen LogP contribution in [0.3, 0.4) is 0 Å². The van der Waals surface area contributed by atoms with Gasteiger partial charge < -0.3 is 10.4 Å². The number of nitrogens with zero attached hydrogens (tertiary/aromatic N) is 1. The van der Waals surface area contributed by atoms with Crippen molar-refractivity contribution in [2.24, 2.45) is 5.92 Å². The number of thioether (sulfide) groups is 1. The molecule has 1 aromatic carbocycles. The number of carboxylic acids is 1. The summed E-state index contributed by atoms with van der Waals surface area (Å²) in [7, 11) is 0. The van der Waals surface area contributed by atoms with Gasteiger partial charge in [0.2, 0.25) is 5.91 Å². The molecule has 2 N–H and O–H groups in total. The monoisotopic (exact) mass is 294 g/mol. The Morgan fingerprint density at radius 2 is 2.30 bits per heavy atom. The summed E-state index contributed by atoms with van der Waals surface area (Å²) in [6.45, 7) is 1.36. The second kappa shape index (κ2) is 6.76. The van der Waals surface area contributed by atoms with E-state index in [1.54, 1.807) is 11.8 Å². The van der Waals surface area contributed by atoms with E-state index in [0.717, 1.165) is 10.6 Å². The highest BCUT2D eigenvalue weighted by molar-refractivity contribution is 7.98. The number of likely N-dealkylation sites (tertiary alicyclic amines) is 1. The smallest absolute Gasteiger partial charge is 0.307 e. The number of carbonyl (C=O) groups is 2. The van der Waals surface area contributed by atoms with Crippen molar-refractivity contribution < 1.29 is 14.7 Å². The van der Waals surface area contributed by atoms with Crippen LogP contribution in [0, 0.1) is 5.92 Å². The van der Waals surface area contributed by atoms with Crippen LogP contribution in [0.1, 0.15) is 6.42 Å². The first-order chi connectivity index (χ1) is 9.58. The highest BCUT2D eigenvalue weighted by Crippen LogP contribution is 2.19. The van der Waals surface area contributed by atoms with Gasteiger partial charge in [0.1, 0.15) is 0 Å². The fourth-order valence-electron chi connectivity index (χ4n) is 2.28. The molecule has 0 aliphatic carbocycles. The van der Waals surface area contributed by atoms with Gasteiger partial charge in [0.15, 0.2) is 0 Å². The molecule has 1 atom stereocenters. The van der Waals surface area contributed by atoms with E-state index >= 15 is 0 Å². The van der Waals surface area contributed by atoms with Gasteiger partial charge in [-0.05, 0) is 37.4 Å². The van der Waals surface area contributed by atoms with E-state index in [2.05, 4.69) is 5.32 Å². The summed E-state index contributed by atoms with van der Waals surface area (Å²) in [6, 6.07) is 7.66. The standard InChI is InChI=1S/C14H18N2O3S/c1-20-12-4-2-3-11(7-12)15-13(17)9-16-6-5-10(8-16)14(18)19/h2-4,7,10H,5-6,8-9H2,1H3,(H,15,17)(H,18,19). The van der Waals surface area contributed by atoms with Crippen molar-refractivity contribution in [3.8, 4) is 0 Å². The molecule has 1 aliphatic rings. The number of nitrogens with one attached hydrogen (secondary N) is 1. The van der Waals surface area contributed by atoms with E-state index in [1.807, 2.05) is 35.4 Å². The molecule has 1 aromatic rings. The van der Waals surface area contributed by atoms with E-state index in [0.29, 0.717) is 19.5 Å². The number of hydrogen-bond donors (Lipinski definition) is 2. The van der Waals surface area contributed by atoms with E-state index in [4.69, 9.17) is 5.11 Å². The van der Waals surface area contributed by atoms with E-state index in [9.17, 15) is 9.59 Å². The lowest BCUT2D eigenvalue weighted by molar-refractivity contribution is -0.141. The molecule has 0 saturated carbocycles. The van der Waals surface area contributed by atoms with Gasteiger partial charge in [0, 0.05) is 17.1 Å². The Labute approximate surface area is 122 Å². The third-order valence-electron chi connectivity index (χ3n) is 3.34. The van der Waals surface area contributed by atoms with Crippen molar-refractivity contribution in [1.82, 2.24) is 4.90 Å². The van der Waals surface area contributed by atoms with E-state index in [1.165, 1.54) is 0 Å². The lowest BCUT2D eigenvalue weighted by Crippen LogP contribution is -2.32. The minimum atomic E-state index is -0.777. The fraction of sp³-hybridized carbons (Fsp3) is 0.429. The number of rotatable bonds is 5. The molecule has 1 fully saturated rings.